The van der Waals surface area contributed by atoms with Gasteiger partial charge in [0.2, 0.25) is 0 Å². The third-order valence-corrected chi connectivity index (χ3v) is 4.75. The van der Waals surface area contributed by atoms with Gasteiger partial charge in [-0.2, -0.15) is 0 Å². The number of esters is 1. The van der Waals surface area contributed by atoms with Gasteiger partial charge in [-0.05, 0) is 19.9 Å². The minimum absolute atomic E-state index is 0.0249. The van der Waals surface area contributed by atoms with Crippen LogP contribution in [-0.4, -0.2) is 43.6 Å². The number of thiazole rings is 1. The van der Waals surface area contributed by atoms with Crippen LogP contribution in [0.4, 0.5) is 5.13 Å². The SMILES string of the molecule is CC(C)NC(=O)COC(=O)c1cc2sc(N(C)C)nc2s1. The lowest BCUT2D eigenvalue weighted by Gasteiger charge is -2.08. The Kier molecular flexibility index (Phi) is 4.79. The van der Waals surface area contributed by atoms with Crippen molar-refractivity contribution in [1.82, 2.24) is 10.3 Å². The van der Waals surface area contributed by atoms with E-state index in [2.05, 4.69) is 10.3 Å². The van der Waals surface area contributed by atoms with Crippen LogP contribution in [0, 0.1) is 0 Å². The molecule has 2 heterocycles. The third-order valence-electron chi connectivity index (χ3n) is 2.45. The van der Waals surface area contributed by atoms with Crippen LogP contribution in [0.25, 0.3) is 9.53 Å². The molecule has 114 valence electrons. The van der Waals surface area contributed by atoms with Gasteiger partial charge in [-0.15, -0.1) is 11.3 Å². The summed E-state index contributed by atoms with van der Waals surface area (Å²) in [5.41, 5.74) is 0. The summed E-state index contributed by atoms with van der Waals surface area (Å²) in [7, 11) is 3.84. The minimum Gasteiger partial charge on any atom is -0.451 e. The molecule has 0 unspecified atom stereocenters. The highest BCUT2D eigenvalue weighted by molar-refractivity contribution is 7.29. The summed E-state index contributed by atoms with van der Waals surface area (Å²) in [5.74, 6) is -0.791. The van der Waals surface area contributed by atoms with E-state index in [1.54, 1.807) is 6.07 Å². The Hall–Kier alpha value is -1.67. The molecule has 0 fully saturated rings. The highest BCUT2D eigenvalue weighted by atomic mass is 32.1. The number of carbonyl (C=O) groups is 2. The average Bonchev–Trinajstić information content (AvgIpc) is 2.92. The Bertz CT molecular complexity index is 629. The Morgan fingerprint density at radius 2 is 2.10 bits per heavy atom. The van der Waals surface area contributed by atoms with Crippen LogP contribution in [0.15, 0.2) is 6.07 Å². The van der Waals surface area contributed by atoms with Gasteiger partial charge in [0.05, 0.1) is 4.70 Å². The number of aromatic nitrogens is 1. The summed E-state index contributed by atoms with van der Waals surface area (Å²) in [5, 5.41) is 3.56. The van der Waals surface area contributed by atoms with Crippen LogP contribution in [0.5, 0.6) is 0 Å². The molecule has 0 aliphatic heterocycles. The number of rotatable bonds is 5. The maximum absolute atomic E-state index is 11.9. The summed E-state index contributed by atoms with van der Waals surface area (Å²) in [6.45, 7) is 3.43. The number of hydrogen-bond acceptors (Lipinski definition) is 7. The topological polar surface area (TPSA) is 71.5 Å². The molecular weight excluding hydrogens is 310 g/mol. The van der Waals surface area contributed by atoms with Crippen molar-refractivity contribution in [2.75, 3.05) is 25.6 Å². The molecule has 8 heteroatoms. The first-order valence-electron chi connectivity index (χ1n) is 6.41. The molecule has 0 radical (unpaired) electrons. The molecule has 21 heavy (non-hydrogen) atoms. The molecule has 0 bridgehead atoms. The van der Waals surface area contributed by atoms with Gasteiger partial charge in [0, 0.05) is 20.1 Å². The first kappa shape index (κ1) is 15.7. The summed E-state index contributed by atoms with van der Waals surface area (Å²) in [4.78, 5) is 30.9. The van der Waals surface area contributed by atoms with Gasteiger partial charge in [-0.25, -0.2) is 9.78 Å². The van der Waals surface area contributed by atoms with E-state index in [1.165, 1.54) is 22.7 Å². The smallest absolute Gasteiger partial charge is 0.348 e. The van der Waals surface area contributed by atoms with Crippen LogP contribution in [0.3, 0.4) is 0 Å². The van der Waals surface area contributed by atoms with Crippen LogP contribution >= 0.6 is 22.7 Å². The number of hydrogen-bond donors (Lipinski definition) is 1. The lowest BCUT2D eigenvalue weighted by molar-refractivity contribution is -0.124. The van der Waals surface area contributed by atoms with E-state index in [-0.39, 0.29) is 18.6 Å². The minimum atomic E-state index is -0.490. The predicted octanol–water partition coefficient (Wildman–Crippen LogP) is 2.11. The van der Waals surface area contributed by atoms with E-state index in [1.807, 2.05) is 32.8 Å². The van der Waals surface area contributed by atoms with Crippen molar-refractivity contribution in [3.63, 3.8) is 0 Å². The van der Waals surface area contributed by atoms with Crippen LogP contribution in [-0.2, 0) is 9.53 Å². The van der Waals surface area contributed by atoms with Gasteiger partial charge in [0.1, 0.15) is 9.71 Å². The maximum Gasteiger partial charge on any atom is 0.348 e. The molecule has 0 saturated carbocycles. The molecule has 1 amide bonds. The van der Waals surface area contributed by atoms with E-state index < -0.39 is 5.97 Å². The normalized spacial score (nSPS) is 10.9. The number of anilines is 1. The van der Waals surface area contributed by atoms with Gasteiger partial charge in [0.15, 0.2) is 11.7 Å². The van der Waals surface area contributed by atoms with E-state index in [0.29, 0.717) is 4.88 Å². The number of carbonyl (C=O) groups excluding carboxylic acids is 2. The first-order valence-corrected chi connectivity index (χ1v) is 8.04. The van der Waals surface area contributed by atoms with Crippen molar-refractivity contribution < 1.29 is 14.3 Å². The third kappa shape index (κ3) is 3.92. The van der Waals surface area contributed by atoms with Gasteiger partial charge < -0.3 is 15.0 Å². The number of nitrogens with one attached hydrogen (secondary N) is 1. The molecule has 0 atom stereocenters. The Morgan fingerprint density at radius 3 is 2.67 bits per heavy atom. The Balaban J connectivity index is 1.99. The summed E-state index contributed by atoms with van der Waals surface area (Å²) in [6.07, 6.45) is 0. The number of ether oxygens (including phenoxy) is 1. The first-order chi connectivity index (χ1) is 9.86. The van der Waals surface area contributed by atoms with Gasteiger partial charge in [0.25, 0.3) is 5.91 Å². The standard InChI is InChI=1S/C13H17N3O3S2/c1-7(2)14-10(17)6-19-12(18)9-5-8-11(20-9)15-13(21-8)16(3)4/h5,7H,6H2,1-4H3,(H,14,17). The lowest BCUT2D eigenvalue weighted by Crippen LogP contribution is -2.33. The lowest BCUT2D eigenvalue weighted by atomic mass is 10.4. The second kappa shape index (κ2) is 6.40. The van der Waals surface area contributed by atoms with Crippen molar-refractivity contribution in [1.29, 1.82) is 0 Å². The molecule has 6 nitrogen and oxygen atoms in total. The van der Waals surface area contributed by atoms with Crippen LogP contribution in [0.1, 0.15) is 23.5 Å². The van der Waals surface area contributed by atoms with E-state index in [0.717, 1.165) is 14.7 Å². The highest BCUT2D eigenvalue weighted by Crippen LogP contribution is 2.34. The maximum atomic E-state index is 11.9. The summed E-state index contributed by atoms with van der Waals surface area (Å²) in [6, 6.07) is 1.78. The molecule has 2 aromatic rings. The Labute approximate surface area is 130 Å². The fourth-order valence-electron chi connectivity index (χ4n) is 1.58. The predicted molar refractivity (Wildman–Crippen MR) is 85.4 cm³/mol. The second-order valence-electron chi connectivity index (χ2n) is 4.97. The van der Waals surface area contributed by atoms with Crippen LogP contribution in [0.2, 0.25) is 0 Å². The van der Waals surface area contributed by atoms with Gasteiger partial charge in [-0.3, -0.25) is 4.79 Å². The van der Waals surface area contributed by atoms with Gasteiger partial charge in [-0.1, -0.05) is 11.3 Å². The number of fused-ring (bicyclic) bond motifs is 1. The Morgan fingerprint density at radius 1 is 1.38 bits per heavy atom. The number of nitrogens with zero attached hydrogens (tertiary/aromatic N) is 2. The molecule has 0 aliphatic rings. The van der Waals surface area contributed by atoms with Crippen molar-refractivity contribution in [2.24, 2.45) is 0 Å². The summed E-state index contributed by atoms with van der Waals surface area (Å²) < 4.78 is 5.94. The summed E-state index contributed by atoms with van der Waals surface area (Å²) >= 11 is 2.79. The molecular formula is C13H17N3O3S2. The zero-order valence-electron chi connectivity index (χ0n) is 12.3. The second-order valence-corrected chi connectivity index (χ2v) is 7.01. The zero-order chi connectivity index (χ0) is 15.6. The zero-order valence-corrected chi connectivity index (χ0v) is 13.9. The van der Waals surface area contributed by atoms with Crippen LogP contribution < -0.4 is 10.2 Å². The molecule has 2 rings (SSSR count). The van der Waals surface area contributed by atoms with E-state index >= 15 is 0 Å². The highest BCUT2D eigenvalue weighted by Gasteiger charge is 2.17. The van der Waals surface area contributed by atoms with E-state index in [9.17, 15) is 9.59 Å². The average molecular weight is 327 g/mol. The fraction of sp³-hybridized carbons (Fsp3) is 0.462. The van der Waals surface area contributed by atoms with E-state index in [4.69, 9.17) is 4.74 Å². The van der Waals surface area contributed by atoms with Crippen molar-refractivity contribution in [2.45, 2.75) is 19.9 Å². The largest absolute Gasteiger partial charge is 0.451 e. The van der Waals surface area contributed by atoms with Crippen molar-refractivity contribution in [3.8, 4) is 0 Å². The molecule has 0 aromatic carbocycles. The quantitative estimate of drug-likeness (QED) is 0.852. The monoisotopic (exact) mass is 327 g/mol. The molecule has 0 aliphatic carbocycles. The molecule has 2 aromatic heterocycles. The van der Waals surface area contributed by atoms with Crippen molar-refractivity contribution in [3.05, 3.63) is 10.9 Å². The molecule has 0 spiro atoms. The fourth-order valence-corrected chi connectivity index (χ4v) is 3.61. The molecule has 1 N–H and O–H groups in total. The number of amides is 1. The van der Waals surface area contributed by atoms with Crippen molar-refractivity contribution >= 4 is 49.2 Å². The van der Waals surface area contributed by atoms with Gasteiger partial charge >= 0.3 is 5.97 Å². The number of thiophene rings is 1. The molecule has 0 saturated heterocycles.